The van der Waals surface area contributed by atoms with Gasteiger partial charge in [-0.25, -0.2) is 0 Å². The summed E-state index contributed by atoms with van der Waals surface area (Å²) in [6, 6.07) is 25.5. The molecular weight excluding hydrogens is 627 g/mol. The monoisotopic (exact) mass is 664 g/mol. The molecule has 2 heterocycles. The smallest absolute Gasteiger partial charge is 0.466 e. The van der Waals surface area contributed by atoms with E-state index < -0.39 is 16.0 Å². The Bertz CT molecular complexity index is 1860. The van der Waals surface area contributed by atoms with Crippen LogP contribution in [0.2, 0.25) is 0 Å². The third-order valence-corrected chi connectivity index (χ3v) is 8.63. The zero-order valence-electron chi connectivity index (χ0n) is 27.8. The van der Waals surface area contributed by atoms with E-state index in [0.29, 0.717) is 26.1 Å². The predicted molar refractivity (Wildman–Crippen MR) is 179 cm³/mol. The van der Waals surface area contributed by atoms with E-state index >= 15 is 0 Å². The number of carbonyl (C=O) groups excluding carboxylic acids is 2. The number of hydrogen-bond acceptors (Lipinski definition) is 9. The van der Waals surface area contributed by atoms with Gasteiger partial charge in [-0.1, -0.05) is 30.3 Å². The van der Waals surface area contributed by atoms with Crippen molar-refractivity contribution in [1.29, 1.82) is 0 Å². The molecule has 0 amide bonds. The summed E-state index contributed by atoms with van der Waals surface area (Å²) in [5.41, 5.74) is 5.35. The molecule has 2 aliphatic rings. The Morgan fingerprint density at radius 3 is 1.66 bits per heavy atom. The Hall–Kier alpha value is -3.70. The molecular formula is C36H37N2NaO7S. The van der Waals surface area contributed by atoms with E-state index in [1.165, 1.54) is 10.8 Å². The number of esters is 2. The van der Waals surface area contributed by atoms with Gasteiger partial charge in [0.25, 0.3) is 0 Å². The van der Waals surface area contributed by atoms with Crippen LogP contribution >= 0.6 is 0 Å². The molecule has 47 heavy (non-hydrogen) atoms. The summed E-state index contributed by atoms with van der Waals surface area (Å²) in [7, 11) is -3.11. The molecule has 0 radical (unpaired) electrons. The van der Waals surface area contributed by atoms with Crippen LogP contribution < -0.4 is 29.6 Å². The minimum Gasteiger partial charge on any atom is -0.466 e. The van der Waals surface area contributed by atoms with E-state index in [1.807, 2.05) is 70.2 Å². The van der Waals surface area contributed by atoms with Gasteiger partial charge in [0.15, 0.2) is 0 Å². The summed E-state index contributed by atoms with van der Waals surface area (Å²) in [4.78, 5) is 33.4. The van der Waals surface area contributed by atoms with Crippen LogP contribution in [0.3, 0.4) is 0 Å². The van der Waals surface area contributed by atoms with Gasteiger partial charge in [-0.05, 0) is 75.6 Å². The fourth-order valence-corrected chi connectivity index (χ4v) is 6.21. The number of hydrogen-bond donors (Lipinski definition) is 0. The Kier molecular flexibility index (Phi) is 12.8. The van der Waals surface area contributed by atoms with Gasteiger partial charge in [0.1, 0.15) is 0 Å². The number of rotatable bonds is 6. The van der Waals surface area contributed by atoms with Crippen molar-refractivity contribution in [1.82, 2.24) is 0 Å². The molecule has 0 bridgehead atoms. The summed E-state index contributed by atoms with van der Waals surface area (Å²) in [5, 5.41) is 4.61. The van der Waals surface area contributed by atoms with Crippen LogP contribution in [-0.2, 0) is 40.5 Å². The van der Waals surface area contributed by atoms with E-state index in [4.69, 9.17) is 22.1 Å². The van der Waals surface area contributed by atoms with Gasteiger partial charge in [0.2, 0.25) is 0 Å². The normalized spacial score (nSPS) is 18.6. The quantitative estimate of drug-likeness (QED) is 0.172. The van der Waals surface area contributed by atoms with Crippen LogP contribution in [0.4, 0.5) is 11.4 Å². The Balaban J connectivity index is 0.000000225. The Morgan fingerprint density at radius 1 is 0.723 bits per heavy atom. The number of ether oxygens (including phenoxy) is 2. The van der Waals surface area contributed by atoms with Crippen LogP contribution in [0.1, 0.15) is 65.5 Å². The van der Waals surface area contributed by atoms with Gasteiger partial charge in [-0.2, -0.15) is 24.3 Å². The van der Waals surface area contributed by atoms with Gasteiger partial charge in [-0.15, -0.1) is 29.5 Å². The number of carbonyl (C=O) groups is 2. The fraction of sp³-hybridized carbons (Fsp3) is 0.333. The third kappa shape index (κ3) is 8.06. The topological polar surface area (TPSA) is 129 Å². The van der Waals surface area contributed by atoms with E-state index in [0.717, 1.165) is 44.7 Å². The number of fused-ring (bicyclic) bond motifs is 6. The summed E-state index contributed by atoms with van der Waals surface area (Å²) >= 11 is 0. The standard InChI is InChI=1S/C18H19NO2.C18H18NO2.Na.O3S/c2*1-4-21-16(20)11-18(3)12(2)19-15-10-9-13-7-5-6-8-14(13)17(15)18;;1-4(2)3/h5-10H,4,11H2,1-3H3;6-10H,4,11H2,1-3H3;;/q;-1;+1;. The predicted octanol–water partition coefficient (Wildman–Crippen LogP) is 4.11. The number of nitrogens with zero attached hydrogens (tertiary/aromatic N) is 2. The second-order valence-corrected chi connectivity index (χ2v) is 11.9. The van der Waals surface area contributed by atoms with Gasteiger partial charge >= 0.3 is 52.1 Å². The number of benzene rings is 4. The van der Waals surface area contributed by atoms with Gasteiger partial charge in [-0.3, -0.25) is 19.6 Å². The van der Waals surface area contributed by atoms with Crippen molar-refractivity contribution in [2.75, 3.05) is 13.2 Å². The Labute approximate surface area is 298 Å². The molecule has 0 saturated heterocycles. The summed E-state index contributed by atoms with van der Waals surface area (Å²) in [6.07, 6.45) is 0.651. The molecule has 9 nitrogen and oxygen atoms in total. The maximum absolute atomic E-state index is 12.0. The molecule has 240 valence electrons. The SMILES string of the molecule is CCOC(=O)CC1(C)C(C)=Nc2ccc3c[c-]ccc3c21.CCOC(=O)CC1(C)C(C)=Nc2ccc3ccccc3c21.O=S(=O)=O.[Na+]. The van der Waals surface area contributed by atoms with Crippen LogP contribution in [0.15, 0.2) is 76.7 Å². The maximum Gasteiger partial charge on any atom is 1.00 e. The van der Waals surface area contributed by atoms with E-state index in [-0.39, 0.29) is 46.9 Å². The molecule has 0 aromatic heterocycles. The van der Waals surface area contributed by atoms with Crippen molar-refractivity contribution < 1.29 is 61.2 Å². The Morgan fingerprint density at radius 2 is 1.17 bits per heavy atom. The molecule has 2 unspecified atom stereocenters. The van der Waals surface area contributed by atoms with E-state index in [1.54, 1.807) is 0 Å². The second kappa shape index (κ2) is 15.9. The number of aliphatic imine (C=N–C) groups is 2. The van der Waals surface area contributed by atoms with E-state index in [2.05, 4.69) is 54.2 Å². The average molecular weight is 665 g/mol. The first-order valence-electron chi connectivity index (χ1n) is 15.0. The van der Waals surface area contributed by atoms with Crippen molar-refractivity contribution in [2.24, 2.45) is 9.98 Å². The molecule has 0 aliphatic carbocycles. The molecule has 0 spiro atoms. The molecule has 0 saturated carbocycles. The molecule has 4 aromatic rings. The van der Waals surface area contributed by atoms with Crippen molar-refractivity contribution in [2.45, 2.75) is 65.2 Å². The average Bonchev–Trinajstić information content (AvgIpc) is 3.41. The molecule has 0 fully saturated rings. The molecule has 6 rings (SSSR count). The third-order valence-electron chi connectivity index (χ3n) is 8.63. The second-order valence-electron chi connectivity index (χ2n) is 11.5. The zero-order chi connectivity index (χ0) is 33.6. The summed E-state index contributed by atoms with van der Waals surface area (Å²) < 4.78 is 35.6. The van der Waals surface area contributed by atoms with Crippen molar-refractivity contribution >= 4 is 66.9 Å². The van der Waals surface area contributed by atoms with Crippen LogP contribution in [0.5, 0.6) is 0 Å². The first-order chi connectivity index (χ1) is 21.8. The first kappa shape index (κ1) is 37.8. The largest absolute Gasteiger partial charge is 1.00 e. The van der Waals surface area contributed by atoms with E-state index in [9.17, 15) is 9.59 Å². The summed E-state index contributed by atoms with van der Waals surface area (Å²) in [6.45, 7) is 12.6. The maximum atomic E-state index is 12.0. The van der Waals surface area contributed by atoms with Crippen LogP contribution in [0, 0.1) is 6.07 Å². The first-order valence-corrected chi connectivity index (χ1v) is 16.0. The van der Waals surface area contributed by atoms with Gasteiger partial charge < -0.3 is 9.47 Å². The van der Waals surface area contributed by atoms with Crippen LogP contribution in [-0.4, -0.2) is 49.2 Å². The molecule has 4 aromatic carbocycles. The molecule has 2 atom stereocenters. The van der Waals surface area contributed by atoms with Crippen molar-refractivity contribution in [3.05, 3.63) is 83.9 Å². The summed E-state index contributed by atoms with van der Waals surface area (Å²) in [5.74, 6) is -0.350. The minimum absolute atomic E-state index is 0. The minimum atomic E-state index is -3.11. The molecule has 11 heteroatoms. The zero-order valence-corrected chi connectivity index (χ0v) is 30.7. The fourth-order valence-electron chi connectivity index (χ4n) is 6.21. The molecule has 2 aliphatic heterocycles. The van der Waals surface area contributed by atoms with Crippen molar-refractivity contribution in [3.63, 3.8) is 0 Å². The molecule has 0 N–H and O–H groups in total. The van der Waals surface area contributed by atoms with Crippen molar-refractivity contribution in [3.8, 4) is 0 Å². The van der Waals surface area contributed by atoms with Crippen LogP contribution in [0.25, 0.3) is 21.5 Å². The van der Waals surface area contributed by atoms with Gasteiger partial charge in [0.05, 0.1) is 37.4 Å². The van der Waals surface area contributed by atoms with Gasteiger partial charge in [0, 0.05) is 22.3 Å².